The number of hydrogen-bond acceptors (Lipinski definition) is 4. The number of rotatable bonds is 19. The molecule has 27 heavy (non-hydrogen) atoms. The molecule has 0 aromatic carbocycles. The van der Waals surface area contributed by atoms with Crippen LogP contribution in [0.5, 0.6) is 0 Å². The Kier molecular flexibility index (Phi) is 15.4. The van der Waals surface area contributed by atoms with E-state index >= 15 is 0 Å². The number of cyclic esters (lactones) is 1. The minimum absolute atomic E-state index is 0.0549. The van der Waals surface area contributed by atoms with E-state index in [1.165, 1.54) is 102 Å². The van der Waals surface area contributed by atoms with Gasteiger partial charge in [-0.3, -0.25) is 4.79 Å². The molecule has 0 unspecified atom stereocenters. The van der Waals surface area contributed by atoms with Gasteiger partial charge in [-0.05, 0) is 12.7 Å². The van der Waals surface area contributed by atoms with Crippen molar-refractivity contribution in [2.45, 2.75) is 134 Å². The van der Waals surface area contributed by atoms with Gasteiger partial charge in [-0.25, -0.2) is 0 Å². The fourth-order valence-electron chi connectivity index (χ4n) is 3.91. The summed E-state index contributed by atoms with van der Waals surface area (Å²) in [5, 5.41) is 10.0. The molecule has 3 atom stereocenters. The SMILES string of the molecule is CCCCCCCCCCCCCCCCC[C@H](O)C[C@@H]1OC(=O)[C@@H]1SC. The molecule has 1 saturated heterocycles. The highest BCUT2D eigenvalue weighted by Crippen LogP contribution is 2.29. The molecular formula is C23H44O3S. The zero-order chi connectivity index (χ0) is 19.7. The zero-order valence-corrected chi connectivity index (χ0v) is 18.7. The van der Waals surface area contributed by atoms with Crippen molar-refractivity contribution in [1.29, 1.82) is 0 Å². The number of unbranched alkanes of at least 4 members (excludes halogenated alkanes) is 14. The third-order valence-electron chi connectivity index (χ3n) is 5.74. The van der Waals surface area contributed by atoms with Gasteiger partial charge < -0.3 is 9.84 Å². The molecule has 1 aliphatic heterocycles. The van der Waals surface area contributed by atoms with Gasteiger partial charge >= 0.3 is 5.97 Å². The maximum absolute atomic E-state index is 11.2. The Hall–Kier alpha value is -0.220. The molecule has 1 rings (SSSR count). The number of aliphatic hydroxyl groups excluding tert-OH is 1. The number of thioether (sulfide) groups is 1. The molecule has 4 heteroatoms. The molecule has 0 aliphatic carbocycles. The molecule has 0 aromatic heterocycles. The Morgan fingerprint density at radius 3 is 1.70 bits per heavy atom. The predicted molar refractivity (Wildman–Crippen MR) is 117 cm³/mol. The van der Waals surface area contributed by atoms with Gasteiger partial charge in [-0.1, -0.05) is 103 Å². The first kappa shape index (κ1) is 24.8. The van der Waals surface area contributed by atoms with Crippen LogP contribution in [0.25, 0.3) is 0 Å². The van der Waals surface area contributed by atoms with Gasteiger partial charge in [0.2, 0.25) is 0 Å². The summed E-state index contributed by atoms with van der Waals surface area (Å²) in [5.41, 5.74) is 0. The van der Waals surface area contributed by atoms with Gasteiger partial charge in [0.05, 0.1) is 6.10 Å². The summed E-state index contributed by atoms with van der Waals surface area (Å²) in [6, 6.07) is 0. The lowest BCUT2D eigenvalue weighted by Gasteiger charge is -2.35. The first-order chi connectivity index (χ1) is 13.2. The Bertz CT molecular complexity index is 362. The van der Waals surface area contributed by atoms with E-state index in [0.29, 0.717) is 6.42 Å². The van der Waals surface area contributed by atoms with Crippen LogP contribution in [0.3, 0.4) is 0 Å². The molecule has 1 fully saturated rings. The number of esters is 1. The maximum Gasteiger partial charge on any atom is 0.323 e. The molecule has 3 nitrogen and oxygen atoms in total. The van der Waals surface area contributed by atoms with Crippen LogP contribution in [0.2, 0.25) is 0 Å². The van der Waals surface area contributed by atoms with Crippen molar-refractivity contribution in [2.24, 2.45) is 0 Å². The molecule has 1 N–H and O–H groups in total. The Balaban J connectivity index is 1.77. The van der Waals surface area contributed by atoms with E-state index in [-0.39, 0.29) is 23.4 Å². The smallest absolute Gasteiger partial charge is 0.323 e. The first-order valence-electron chi connectivity index (χ1n) is 11.6. The van der Waals surface area contributed by atoms with Gasteiger partial charge in [0.15, 0.2) is 0 Å². The Labute approximate surface area is 172 Å². The standard InChI is InChI=1S/C23H44O3S/c1-3-4-5-6-7-8-9-10-11-12-13-14-15-16-17-18-20(24)19-21-22(27-2)23(25)26-21/h20-22,24H,3-19H2,1-2H3/t20-,21-,22+/m0/s1. The highest BCUT2D eigenvalue weighted by molar-refractivity contribution is 8.00. The summed E-state index contributed by atoms with van der Waals surface area (Å²) in [6.07, 6.45) is 23.4. The van der Waals surface area contributed by atoms with Gasteiger partial charge in [0.25, 0.3) is 0 Å². The van der Waals surface area contributed by atoms with Crippen LogP contribution in [0.15, 0.2) is 0 Å². The van der Waals surface area contributed by atoms with E-state index < -0.39 is 0 Å². The second-order valence-corrected chi connectivity index (χ2v) is 9.24. The minimum Gasteiger partial charge on any atom is -0.460 e. The Morgan fingerprint density at radius 1 is 0.852 bits per heavy atom. The van der Waals surface area contributed by atoms with E-state index in [1.54, 1.807) is 0 Å². The zero-order valence-electron chi connectivity index (χ0n) is 17.9. The molecule has 0 bridgehead atoms. The number of carbonyl (C=O) groups is 1. The van der Waals surface area contributed by atoms with Crippen LogP contribution in [-0.4, -0.2) is 34.8 Å². The average Bonchev–Trinajstić information content (AvgIpc) is 2.64. The monoisotopic (exact) mass is 400 g/mol. The minimum atomic E-state index is -0.320. The second-order valence-electron chi connectivity index (χ2n) is 8.26. The van der Waals surface area contributed by atoms with Crippen molar-refractivity contribution in [2.75, 3.05) is 6.26 Å². The van der Waals surface area contributed by atoms with Crippen molar-refractivity contribution in [3.63, 3.8) is 0 Å². The van der Waals surface area contributed by atoms with Gasteiger partial charge in [0.1, 0.15) is 11.4 Å². The third kappa shape index (κ3) is 12.1. The molecule has 0 amide bonds. The van der Waals surface area contributed by atoms with Crippen molar-refractivity contribution in [3.8, 4) is 0 Å². The summed E-state index contributed by atoms with van der Waals surface area (Å²) in [7, 11) is 0. The van der Waals surface area contributed by atoms with E-state index in [4.69, 9.17) is 4.74 Å². The largest absolute Gasteiger partial charge is 0.460 e. The van der Waals surface area contributed by atoms with Crippen molar-refractivity contribution >= 4 is 17.7 Å². The van der Waals surface area contributed by atoms with E-state index in [9.17, 15) is 9.90 Å². The van der Waals surface area contributed by atoms with E-state index in [2.05, 4.69) is 6.92 Å². The maximum atomic E-state index is 11.2. The topological polar surface area (TPSA) is 46.5 Å². The second kappa shape index (κ2) is 16.7. The lowest BCUT2D eigenvalue weighted by Crippen LogP contribution is -2.49. The van der Waals surface area contributed by atoms with Crippen molar-refractivity contribution < 1.29 is 14.6 Å². The number of aliphatic hydroxyl groups is 1. The molecule has 0 aromatic rings. The summed E-state index contributed by atoms with van der Waals surface area (Å²) >= 11 is 1.53. The fraction of sp³-hybridized carbons (Fsp3) is 0.957. The number of hydrogen-bond donors (Lipinski definition) is 1. The summed E-state index contributed by atoms with van der Waals surface area (Å²) in [4.78, 5) is 11.2. The molecule has 160 valence electrons. The molecule has 1 heterocycles. The van der Waals surface area contributed by atoms with Crippen LogP contribution in [-0.2, 0) is 9.53 Å². The van der Waals surface area contributed by atoms with Gasteiger partial charge in [-0.15, -0.1) is 11.8 Å². The van der Waals surface area contributed by atoms with Crippen LogP contribution in [0, 0.1) is 0 Å². The molecule has 0 spiro atoms. The van der Waals surface area contributed by atoms with E-state index in [1.807, 2.05) is 6.26 Å². The summed E-state index contributed by atoms with van der Waals surface area (Å²) < 4.78 is 5.12. The lowest BCUT2D eigenvalue weighted by molar-refractivity contribution is -0.169. The highest BCUT2D eigenvalue weighted by atomic mass is 32.2. The Morgan fingerprint density at radius 2 is 1.30 bits per heavy atom. The van der Waals surface area contributed by atoms with Crippen LogP contribution in [0.4, 0.5) is 0 Å². The normalized spacial score (nSPS) is 20.3. The first-order valence-corrected chi connectivity index (χ1v) is 12.9. The lowest BCUT2D eigenvalue weighted by atomic mass is 9.99. The van der Waals surface area contributed by atoms with Crippen LogP contribution < -0.4 is 0 Å². The van der Waals surface area contributed by atoms with Gasteiger partial charge in [-0.2, -0.15) is 0 Å². The molecular weight excluding hydrogens is 356 g/mol. The highest BCUT2D eigenvalue weighted by Gasteiger charge is 2.42. The quantitative estimate of drug-likeness (QED) is 0.195. The molecule has 0 saturated carbocycles. The van der Waals surface area contributed by atoms with E-state index in [0.717, 1.165) is 12.8 Å². The third-order valence-corrected chi connectivity index (χ3v) is 6.74. The summed E-state index contributed by atoms with van der Waals surface area (Å²) in [6.45, 7) is 2.28. The van der Waals surface area contributed by atoms with Crippen molar-refractivity contribution in [1.82, 2.24) is 0 Å². The molecule has 1 aliphatic rings. The average molecular weight is 401 g/mol. The van der Waals surface area contributed by atoms with Gasteiger partial charge in [0, 0.05) is 6.42 Å². The molecule has 0 radical (unpaired) electrons. The number of ether oxygens (including phenoxy) is 1. The van der Waals surface area contributed by atoms with Crippen LogP contribution in [0.1, 0.15) is 116 Å². The predicted octanol–water partition coefficient (Wildman–Crippen LogP) is 6.66. The van der Waals surface area contributed by atoms with Crippen molar-refractivity contribution in [3.05, 3.63) is 0 Å². The summed E-state index contributed by atoms with van der Waals surface area (Å²) in [5.74, 6) is -0.119. The van der Waals surface area contributed by atoms with Crippen LogP contribution >= 0.6 is 11.8 Å². The number of carbonyl (C=O) groups excluding carboxylic acids is 1. The fourth-order valence-corrected chi connectivity index (χ4v) is 4.63.